The Balaban J connectivity index is 1.77. The van der Waals surface area contributed by atoms with Crippen molar-refractivity contribution in [1.82, 2.24) is 4.90 Å². The average Bonchev–Trinajstić information content (AvgIpc) is 3.10. The molecule has 3 unspecified atom stereocenters. The van der Waals surface area contributed by atoms with Crippen LogP contribution in [0.25, 0.3) is 0 Å². The number of carbonyl (C=O) groups is 1. The first-order valence-corrected chi connectivity index (χ1v) is 11.9. The van der Waals surface area contributed by atoms with Gasteiger partial charge in [0.05, 0.1) is 24.7 Å². The number of amides is 1. The Labute approximate surface area is 165 Å². The van der Waals surface area contributed by atoms with E-state index in [2.05, 4.69) is 4.99 Å². The van der Waals surface area contributed by atoms with Crippen LogP contribution in [0.5, 0.6) is 5.75 Å². The van der Waals surface area contributed by atoms with E-state index in [4.69, 9.17) is 4.74 Å². The maximum Gasteiger partial charge on any atom is 0.250 e. The smallest absolute Gasteiger partial charge is 0.250 e. The van der Waals surface area contributed by atoms with Crippen molar-refractivity contribution in [3.05, 3.63) is 29.8 Å². The van der Waals surface area contributed by atoms with Crippen molar-refractivity contribution in [2.75, 3.05) is 25.2 Å². The van der Waals surface area contributed by atoms with Crippen LogP contribution in [0.2, 0.25) is 0 Å². The van der Waals surface area contributed by atoms with Crippen molar-refractivity contribution in [3.63, 3.8) is 0 Å². The lowest BCUT2D eigenvalue weighted by molar-refractivity contribution is -0.121. The van der Waals surface area contributed by atoms with Crippen LogP contribution < -0.4 is 4.74 Å². The van der Waals surface area contributed by atoms with Crippen molar-refractivity contribution in [2.45, 2.75) is 38.0 Å². The Morgan fingerprint density at radius 2 is 2.04 bits per heavy atom. The molecule has 2 saturated heterocycles. The highest BCUT2D eigenvalue weighted by Gasteiger charge is 2.48. The quantitative estimate of drug-likeness (QED) is 0.717. The maximum atomic E-state index is 12.3. The van der Waals surface area contributed by atoms with Gasteiger partial charge in [-0.2, -0.15) is 4.99 Å². The van der Waals surface area contributed by atoms with E-state index >= 15 is 0 Å². The third-order valence-corrected chi connectivity index (χ3v) is 8.46. The Bertz CT molecular complexity index is 821. The van der Waals surface area contributed by atoms with Crippen LogP contribution >= 0.6 is 11.8 Å². The van der Waals surface area contributed by atoms with Crippen LogP contribution in [0, 0.1) is 5.92 Å². The lowest BCUT2D eigenvalue weighted by Gasteiger charge is -2.24. The molecular weight excluding hydrogens is 384 g/mol. The van der Waals surface area contributed by atoms with Gasteiger partial charge in [0.25, 0.3) is 5.91 Å². The van der Waals surface area contributed by atoms with Crippen molar-refractivity contribution >= 4 is 32.7 Å². The van der Waals surface area contributed by atoms with Gasteiger partial charge in [0.15, 0.2) is 15.0 Å². The molecule has 148 valence electrons. The molecular formula is C19H26N2O4S2. The summed E-state index contributed by atoms with van der Waals surface area (Å²) in [5.74, 6) is 0.865. The fourth-order valence-electron chi connectivity index (χ4n) is 3.32. The van der Waals surface area contributed by atoms with Crippen LogP contribution in [0.4, 0.5) is 0 Å². The number of sulfone groups is 1. The summed E-state index contributed by atoms with van der Waals surface area (Å²) < 4.78 is 29.3. The fraction of sp³-hybridized carbons (Fsp3) is 0.579. The van der Waals surface area contributed by atoms with Crippen LogP contribution in [-0.2, 0) is 21.1 Å². The second-order valence-corrected chi connectivity index (χ2v) is 10.5. The Kier molecular flexibility index (Phi) is 6.15. The van der Waals surface area contributed by atoms with E-state index in [0.29, 0.717) is 11.7 Å². The summed E-state index contributed by atoms with van der Waals surface area (Å²) >= 11 is 1.45. The molecule has 2 heterocycles. The molecule has 3 rings (SSSR count). The van der Waals surface area contributed by atoms with Gasteiger partial charge in [0.1, 0.15) is 5.75 Å². The Hall–Kier alpha value is -1.54. The molecule has 0 saturated carbocycles. The molecule has 0 radical (unpaired) electrons. The number of methoxy groups -OCH3 is 1. The standard InChI is InChI=1S/C19H26N2O4S2/c1-4-13(2)18(22)20-19-21(16-11-27(23,24)12-17(16)26-19)10-9-14-5-7-15(25-3)8-6-14/h5-8,13,16-17H,4,9-12H2,1-3H3. The van der Waals surface area contributed by atoms with Gasteiger partial charge < -0.3 is 9.64 Å². The highest BCUT2D eigenvalue weighted by Crippen LogP contribution is 2.38. The number of ether oxygens (including phenoxy) is 1. The third-order valence-electron chi connectivity index (χ3n) is 5.22. The average molecular weight is 411 g/mol. The van der Waals surface area contributed by atoms with Crippen LogP contribution in [0.15, 0.2) is 29.3 Å². The van der Waals surface area contributed by atoms with Crippen LogP contribution in [-0.4, -0.2) is 60.8 Å². The van der Waals surface area contributed by atoms with Gasteiger partial charge in [0.2, 0.25) is 0 Å². The van der Waals surface area contributed by atoms with E-state index in [0.717, 1.165) is 24.2 Å². The highest BCUT2D eigenvalue weighted by molar-refractivity contribution is 8.15. The zero-order chi connectivity index (χ0) is 19.6. The molecule has 1 amide bonds. The summed E-state index contributed by atoms with van der Waals surface area (Å²) in [5.41, 5.74) is 1.14. The second-order valence-electron chi connectivity index (χ2n) is 7.13. The monoisotopic (exact) mass is 410 g/mol. The van der Waals surface area contributed by atoms with Gasteiger partial charge >= 0.3 is 0 Å². The molecule has 0 bridgehead atoms. The predicted molar refractivity (Wildman–Crippen MR) is 109 cm³/mol. The van der Waals surface area contributed by atoms with Gasteiger partial charge in [-0.05, 0) is 30.5 Å². The van der Waals surface area contributed by atoms with Crippen LogP contribution in [0.3, 0.4) is 0 Å². The predicted octanol–water partition coefficient (Wildman–Crippen LogP) is 2.38. The minimum atomic E-state index is -3.02. The minimum Gasteiger partial charge on any atom is -0.497 e. The Morgan fingerprint density at radius 3 is 2.67 bits per heavy atom. The first-order chi connectivity index (χ1) is 12.8. The summed E-state index contributed by atoms with van der Waals surface area (Å²) in [6.07, 6.45) is 1.50. The van der Waals surface area contributed by atoms with E-state index in [-0.39, 0.29) is 34.6 Å². The van der Waals surface area contributed by atoms with E-state index in [1.807, 2.05) is 43.0 Å². The van der Waals surface area contributed by atoms with Crippen molar-refractivity contribution in [2.24, 2.45) is 10.9 Å². The molecule has 0 N–H and O–H groups in total. The Morgan fingerprint density at radius 1 is 1.33 bits per heavy atom. The first kappa shape index (κ1) is 20.2. The topological polar surface area (TPSA) is 76.0 Å². The summed E-state index contributed by atoms with van der Waals surface area (Å²) in [4.78, 5) is 18.7. The first-order valence-electron chi connectivity index (χ1n) is 9.22. The zero-order valence-corrected chi connectivity index (χ0v) is 17.6. The number of amidine groups is 1. The summed E-state index contributed by atoms with van der Waals surface area (Å²) in [5, 5.41) is 0.646. The van der Waals surface area contributed by atoms with Crippen LogP contribution in [0.1, 0.15) is 25.8 Å². The number of fused-ring (bicyclic) bond motifs is 1. The number of benzene rings is 1. The molecule has 0 aromatic heterocycles. The lowest BCUT2D eigenvalue weighted by Crippen LogP contribution is -2.39. The molecule has 27 heavy (non-hydrogen) atoms. The van der Waals surface area contributed by atoms with Crippen molar-refractivity contribution in [1.29, 1.82) is 0 Å². The number of hydrogen-bond acceptors (Lipinski definition) is 5. The number of carbonyl (C=O) groups excluding carboxylic acids is 1. The highest BCUT2D eigenvalue weighted by atomic mass is 32.2. The number of thioether (sulfide) groups is 1. The van der Waals surface area contributed by atoms with Crippen molar-refractivity contribution < 1.29 is 17.9 Å². The minimum absolute atomic E-state index is 0.0330. The maximum absolute atomic E-state index is 12.3. The molecule has 6 nitrogen and oxygen atoms in total. The number of rotatable bonds is 6. The third kappa shape index (κ3) is 4.66. The molecule has 8 heteroatoms. The van der Waals surface area contributed by atoms with E-state index in [9.17, 15) is 13.2 Å². The molecule has 3 atom stereocenters. The lowest BCUT2D eigenvalue weighted by atomic mass is 10.1. The number of nitrogens with zero attached hydrogens (tertiary/aromatic N) is 2. The molecule has 2 fully saturated rings. The van der Waals surface area contributed by atoms with E-state index in [1.54, 1.807) is 7.11 Å². The SMILES string of the molecule is CCC(C)C(=O)N=C1SC2CS(=O)(=O)CC2N1CCc1ccc(OC)cc1. The summed E-state index contributed by atoms with van der Waals surface area (Å²) in [6, 6.07) is 7.75. The molecule has 0 aliphatic carbocycles. The normalized spacial score (nSPS) is 26.2. The van der Waals surface area contributed by atoms with E-state index in [1.165, 1.54) is 11.8 Å². The molecule has 0 spiro atoms. The molecule has 2 aliphatic rings. The number of aliphatic imine (C=N–C) groups is 1. The van der Waals surface area contributed by atoms with Gasteiger partial charge in [-0.25, -0.2) is 8.42 Å². The summed E-state index contributed by atoms with van der Waals surface area (Å²) in [7, 11) is -1.39. The zero-order valence-electron chi connectivity index (χ0n) is 15.9. The number of hydrogen-bond donors (Lipinski definition) is 0. The molecule has 1 aromatic carbocycles. The molecule has 1 aromatic rings. The van der Waals surface area contributed by atoms with Crippen molar-refractivity contribution in [3.8, 4) is 5.75 Å². The van der Waals surface area contributed by atoms with Gasteiger partial charge in [0, 0.05) is 17.7 Å². The fourth-order valence-corrected chi connectivity index (χ4v) is 7.30. The van der Waals surface area contributed by atoms with Gasteiger partial charge in [-0.3, -0.25) is 4.79 Å². The molecule has 2 aliphatic heterocycles. The van der Waals surface area contributed by atoms with E-state index < -0.39 is 9.84 Å². The largest absolute Gasteiger partial charge is 0.497 e. The second kappa shape index (κ2) is 8.22. The van der Waals surface area contributed by atoms with Gasteiger partial charge in [-0.1, -0.05) is 37.7 Å². The van der Waals surface area contributed by atoms with Gasteiger partial charge in [-0.15, -0.1) is 0 Å². The summed E-state index contributed by atoms with van der Waals surface area (Å²) in [6.45, 7) is 4.48.